The monoisotopic (exact) mass is 366 g/mol. The number of aliphatic hydroxyl groups excluding tert-OH is 1. The van der Waals surface area contributed by atoms with Gasteiger partial charge in [-0.3, -0.25) is 15.0 Å². The molecule has 1 aliphatic heterocycles. The zero-order chi connectivity index (χ0) is 18.4. The molecule has 0 amide bonds. The predicted molar refractivity (Wildman–Crippen MR) is 96.9 cm³/mol. The zero-order valence-electron chi connectivity index (χ0n) is 14.4. The summed E-state index contributed by atoms with van der Waals surface area (Å²) < 4.78 is 27.2. The third kappa shape index (κ3) is 5.84. The smallest absolute Gasteiger partial charge is 0.324 e. The van der Waals surface area contributed by atoms with Gasteiger partial charge in [0.05, 0.1) is 6.54 Å². The standard InChI is InChI=1S/C15H22N6O3S/c1-16-14-15(20-25(23,24)19-14)18-9-13(22)5-4-12-8-11(6-7-17-12)10-21(2)3/h5-8,22H,4,9-10H2,1-3H3,(H,16,19)(H,18,20)/b13-5+. The van der Waals surface area contributed by atoms with Gasteiger partial charge in [-0.15, -0.1) is 0 Å². The van der Waals surface area contributed by atoms with Crippen molar-refractivity contribution in [1.29, 1.82) is 0 Å². The number of hydrogen-bond donors (Lipinski definition) is 3. The van der Waals surface area contributed by atoms with Crippen molar-refractivity contribution >= 4 is 21.9 Å². The van der Waals surface area contributed by atoms with Crippen LogP contribution in [0.4, 0.5) is 0 Å². The molecule has 2 heterocycles. The number of aliphatic hydroxyl groups is 1. The fraction of sp³-hybridized carbons (Fsp3) is 0.400. The molecule has 3 N–H and O–H groups in total. The van der Waals surface area contributed by atoms with Gasteiger partial charge >= 0.3 is 10.2 Å². The molecule has 9 nitrogen and oxygen atoms in total. The van der Waals surface area contributed by atoms with E-state index in [0.717, 1.165) is 17.8 Å². The van der Waals surface area contributed by atoms with Gasteiger partial charge in [0.25, 0.3) is 0 Å². The van der Waals surface area contributed by atoms with Crippen LogP contribution in [0.2, 0.25) is 0 Å². The lowest BCUT2D eigenvalue weighted by atomic mass is 10.2. The van der Waals surface area contributed by atoms with Crippen molar-refractivity contribution in [2.75, 3.05) is 27.7 Å². The normalized spacial score (nSPS) is 20.1. The molecular weight excluding hydrogens is 344 g/mol. The zero-order valence-corrected chi connectivity index (χ0v) is 15.2. The van der Waals surface area contributed by atoms with Crippen molar-refractivity contribution in [3.8, 4) is 0 Å². The Morgan fingerprint density at radius 3 is 2.76 bits per heavy atom. The highest BCUT2D eigenvalue weighted by atomic mass is 32.2. The average molecular weight is 366 g/mol. The van der Waals surface area contributed by atoms with Gasteiger partial charge in [0.1, 0.15) is 5.76 Å². The van der Waals surface area contributed by atoms with E-state index >= 15 is 0 Å². The molecular formula is C15H22N6O3S. The van der Waals surface area contributed by atoms with Crippen molar-refractivity contribution in [2.24, 2.45) is 9.98 Å². The van der Waals surface area contributed by atoms with E-state index in [2.05, 4.69) is 29.3 Å². The van der Waals surface area contributed by atoms with Crippen LogP contribution in [0.5, 0.6) is 0 Å². The Kier molecular flexibility index (Phi) is 6.10. The molecule has 2 rings (SSSR count). The number of rotatable bonds is 6. The minimum atomic E-state index is -3.65. The molecule has 1 aromatic rings. The first-order valence-corrected chi connectivity index (χ1v) is 9.06. The Labute approximate surface area is 147 Å². The second-order valence-electron chi connectivity index (χ2n) is 5.74. The van der Waals surface area contributed by atoms with Crippen molar-refractivity contribution < 1.29 is 13.5 Å². The van der Waals surface area contributed by atoms with Crippen LogP contribution in [0.25, 0.3) is 0 Å². The van der Waals surface area contributed by atoms with E-state index in [-0.39, 0.29) is 24.0 Å². The van der Waals surface area contributed by atoms with E-state index in [1.54, 1.807) is 12.3 Å². The molecule has 1 saturated heterocycles. The number of aromatic nitrogens is 1. The first kappa shape index (κ1) is 18.9. The Morgan fingerprint density at radius 1 is 1.36 bits per heavy atom. The number of aliphatic imine (C=N–C) groups is 2. The highest BCUT2D eigenvalue weighted by Crippen LogP contribution is 2.06. The lowest BCUT2D eigenvalue weighted by Crippen LogP contribution is -2.24. The molecule has 0 unspecified atom stereocenters. The minimum absolute atomic E-state index is 0.0221. The number of hydrogen-bond acceptors (Lipinski definition) is 7. The number of nitrogens with one attached hydrogen (secondary N) is 2. The molecule has 136 valence electrons. The van der Waals surface area contributed by atoms with Gasteiger partial charge in [0.2, 0.25) is 0 Å². The molecule has 1 aliphatic rings. The Morgan fingerprint density at radius 2 is 2.08 bits per heavy atom. The van der Waals surface area contributed by atoms with Gasteiger partial charge in [-0.2, -0.15) is 8.42 Å². The minimum Gasteiger partial charge on any atom is -0.511 e. The van der Waals surface area contributed by atoms with Crippen molar-refractivity contribution in [2.45, 2.75) is 13.0 Å². The van der Waals surface area contributed by atoms with Crippen molar-refractivity contribution in [1.82, 2.24) is 19.3 Å². The maximum Gasteiger partial charge on any atom is 0.324 e. The molecule has 0 saturated carbocycles. The topological polar surface area (TPSA) is 119 Å². The summed E-state index contributed by atoms with van der Waals surface area (Å²) in [6.07, 6.45) is 3.80. The molecule has 0 atom stereocenters. The summed E-state index contributed by atoms with van der Waals surface area (Å²) in [5.41, 5.74) is 1.97. The molecule has 1 fully saturated rings. The summed E-state index contributed by atoms with van der Waals surface area (Å²) >= 11 is 0. The summed E-state index contributed by atoms with van der Waals surface area (Å²) in [4.78, 5) is 14.1. The average Bonchev–Trinajstić information content (AvgIpc) is 2.85. The number of nitrogens with zero attached hydrogens (tertiary/aromatic N) is 4. The SMILES string of the molecule is CN=C1NS(=O)(=O)NC1=NC/C(O)=C\Cc1cc(CN(C)C)ccn1. The second-order valence-corrected chi connectivity index (χ2v) is 7.15. The Bertz CT molecular complexity index is 814. The van der Waals surface area contributed by atoms with Gasteiger partial charge in [-0.05, 0) is 37.9 Å². The van der Waals surface area contributed by atoms with Crippen LogP contribution in [0.1, 0.15) is 11.3 Å². The van der Waals surface area contributed by atoms with E-state index in [1.165, 1.54) is 7.05 Å². The van der Waals surface area contributed by atoms with E-state index < -0.39 is 10.2 Å². The Hall–Kier alpha value is -2.46. The van der Waals surface area contributed by atoms with E-state index in [1.807, 2.05) is 26.2 Å². The summed E-state index contributed by atoms with van der Waals surface area (Å²) in [7, 11) is 1.78. The lowest BCUT2D eigenvalue weighted by molar-refractivity contribution is 0.400. The van der Waals surface area contributed by atoms with Gasteiger partial charge in [0, 0.05) is 31.9 Å². The quantitative estimate of drug-likeness (QED) is 0.612. The predicted octanol–water partition coefficient (Wildman–Crippen LogP) is -0.00800. The first-order valence-electron chi connectivity index (χ1n) is 7.58. The second kappa shape index (κ2) is 8.08. The number of allylic oxidation sites excluding steroid dienone is 1. The first-order chi connectivity index (χ1) is 11.8. The molecule has 1 aromatic heterocycles. The third-order valence-corrected chi connectivity index (χ3v) is 4.16. The lowest BCUT2D eigenvalue weighted by Gasteiger charge is -2.09. The number of pyridine rings is 1. The Balaban J connectivity index is 1.99. The van der Waals surface area contributed by atoms with Gasteiger partial charge in [0.15, 0.2) is 11.7 Å². The van der Waals surface area contributed by atoms with Crippen molar-refractivity contribution in [3.63, 3.8) is 0 Å². The number of amidine groups is 2. The summed E-state index contributed by atoms with van der Waals surface area (Å²) in [5, 5.41) is 9.96. The van der Waals surface area contributed by atoms with Crippen LogP contribution in [0.3, 0.4) is 0 Å². The maximum absolute atomic E-state index is 11.4. The van der Waals surface area contributed by atoms with Crippen LogP contribution >= 0.6 is 0 Å². The van der Waals surface area contributed by atoms with Gasteiger partial charge in [-0.25, -0.2) is 9.44 Å². The van der Waals surface area contributed by atoms with E-state index in [0.29, 0.717) is 6.42 Å². The van der Waals surface area contributed by atoms with Crippen LogP contribution in [0.15, 0.2) is 40.1 Å². The largest absolute Gasteiger partial charge is 0.511 e. The third-order valence-electron chi connectivity index (χ3n) is 3.24. The fourth-order valence-electron chi connectivity index (χ4n) is 2.19. The van der Waals surface area contributed by atoms with E-state index in [4.69, 9.17) is 0 Å². The van der Waals surface area contributed by atoms with Crippen LogP contribution in [-0.4, -0.2) is 62.8 Å². The summed E-state index contributed by atoms with van der Waals surface area (Å²) in [6.45, 7) is 0.751. The van der Waals surface area contributed by atoms with Gasteiger partial charge < -0.3 is 10.0 Å². The molecule has 10 heteroatoms. The van der Waals surface area contributed by atoms with E-state index in [9.17, 15) is 13.5 Å². The van der Waals surface area contributed by atoms with Gasteiger partial charge in [-0.1, -0.05) is 0 Å². The fourth-order valence-corrected chi connectivity index (χ4v) is 3.09. The van der Waals surface area contributed by atoms with Crippen molar-refractivity contribution in [3.05, 3.63) is 41.4 Å². The summed E-state index contributed by atoms with van der Waals surface area (Å²) in [6, 6.07) is 3.93. The van der Waals surface area contributed by atoms with Crippen LogP contribution < -0.4 is 9.44 Å². The molecule has 0 bridgehead atoms. The highest BCUT2D eigenvalue weighted by molar-refractivity contribution is 7.89. The summed E-state index contributed by atoms with van der Waals surface area (Å²) in [5.74, 6) is 0.216. The molecule has 0 aliphatic carbocycles. The molecule has 0 spiro atoms. The highest BCUT2D eigenvalue weighted by Gasteiger charge is 2.27. The molecule has 0 radical (unpaired) electrons. The van der Waals surface area contributed by atoms with Crippen LogP contribution in [-0.2, 0) is 23.2 Å². The molecule has 25 heavy (non-hydrogen) atoms. The molecule has 0 aromatic carbocycles. The van der Waals surface area contributed by atoms with Crippen LogP contribution in [0, 0.1) is 0 Å². The maximum atomic E-state index is 11.4.